The molecule has 488 valence electrons. The van der Waals surface area contributed by atoms with E-state index in [-0.39, 0.29) is 49.9 Å². The number of allylic oxidation sites excluding steroid dienone is 2. The lowest BCUT2D eigenvalue weighted by atomic mass is 9.91. The Balaban J connectivity index is 4.33. The van der Waals surface area contributed by atoms with Gasteiger partial charge in [-0.2, -0.15) is 0 Å². The molecule has 10 amide bonds. The van der Waals surface area contributed by atoms with Crippen LogP contribution < -0.4 is 21.3 Å². The molecule has 1 saturated heterocycles. The average Bonchev–Trinajstić information content (AvgIpc) is 3.57. The number of rotatable bonds is 15. The molecule has 1 aliphatic rings. The first-order valence-electron chi connectivity index (χ1n) is 30.8. The van der Waals surface area contributed by atoms with Crippen molar-refractivity contribution in [3.05, 3.63) is 12.2 Å². The molecular weight excluding hydrogens is 1090 g/mol. The zero-order valence-corrected chi connectivity index (χ0v) is 56.2. The fourth-order valence-corrected chi connectivity index (χ4v) is 11.1. The highest BCUT2D eigenvalue weighted by Gasteiger charge is 2.46. The van der Waals surface area contributed by atoms with E-state index < -0.39 is 162 Å². The van der Waals surface area contributed by atoms with Gasteiger partial charge in [-0.1, -0.05) is 116 Å². The Kier molecular flexibility index (Phi) is 32.0. The van der Waals surface area contributed by atoms with Crippen LogP contribution in [-0.2, 0) is 47.9 Å². The Labute approximate surface area is 509 Å². The van der Waals surface area contributed by atoms with Crippen molar-refractivity contribution in [2.24, 2.45) is 41.4 Å². The average molecular weight is 1200 g/mol. The van der Waals surface area contributed by atoms with Gasteiger partial charge in [-0.15, -0.1) is 0 Å². The normalized spacial score (nSPS) is 27.9. The Morgan fingerprint density at radius 2 is 0.953 bits per heavy atom. The van der Waals surface area contributed by atoms with Gasteiger partial charge >= 0.3 is 0 Å². The van der Waals surface area contributed by atoms with Crippen molar-refractivity contribution in [3.63, 3.8) is 0 Å². The molecule has 0 radical (unpaired) electrons. The van der Waals surface area contributed by atoms with Crippen molar-refractivity contribution >= 4 is 59.1 Å². The fraction of sp³-hybridized carbons (Fsp3) is 0.806. The van der Waals surface area contributed by atoms with E-state index in [1.807, 2.05) is 47.6 Å². The van der Waals surface area contributed by atoms with E-state index in [1.54, 1.807) is 75.3 Å². The molecule has 0 aromatic rings. The van der Waals surface area contributed by atoms with Gasteiger partial charge < -0.3 is 60.5 Å². The molecule has 13 atom stereocenters. The van der Waals surface area contributed by atoms with Crippen LogP contribution in [0.5, 0.6) is 0 Å². The topological polar surface area (TPSA) is 282 Å². The van der Waals surface area contributed by atoms with Gasteiger partial charge in [-0.05, 0) is 93.8 Å². The zero-order valence-electron chi connectivity index (χ0n) is 56.2. The molecule has 23 nitrogen and oxygen atoms in total. The smallest absolute Gasteiger partial charge is 0.246 e. The van der Waals surface area contributed by atoms with E-state index in [9.17, 15) is 48.6 Å². The minimum Gasteiger partial charge on any atom is -0.390 e. The summed E-state index contributed by atoms with van der Waals surface area (Å²) in [6.45, 7) is 29.6. The standard InChI is InChI=1S/C62H113N11O12/c1-25-28-29-40(16)52(75)51-56(79)65-43(27-3)58(81)67(18)33-47(74)71(22)49(38(12)13)55(78)66-48(37(10)11)61(84)68(19)44(30-34(4)5)54(77)64-42(26-2)53(76)63-41(17)57(80)69(20)45(31-35(6)7)59(82)70(21)46(32-36(8)9)60(83)72(23)50(39(14)15)62(85)73(51)24/h25,28,34-46,48-52,55,66,75,78H,26-27,29-33H2,1-24H3,(H,63,76)(H,64,77)(H,65,79)/b28-25+/t40-,41-,42?,43+,44+,45+,46-,48+,49+,50+,51+,52-,55?/m1/s1. The SMILES string of the molecule is C/C=C/C[C@@H](C)[C@@H](O)[C@H]1C(=O)N[C@@H](CC)C(=O)N(C)CC(=O)N(C)[C@@H](C(C)C)C(O)N[C@@H](C(C)C)C(=O)N(C)[C@@H](CC(C)C)C(=O)NC(CC)C(=O)N[C@H](C)C(=O)N(C)[C@@H](CC(C)C)C(=O)N(C)[C@H](CC(C)C)C(=O)N(C)[C@@H](C(C)C)C(=O)N1C. The largest absolute Gasteiger partial charge is 0.390 e. The Hall–Kier alpha value is -5.68. The molecule has 23 heteroatoms. The van der Waals surface area contributed by atoms with Crippen molar-refractivity contribution in [1.82, 2.24) is 55.6 Å². The first kappa shape index (κ1) is 77.3. The molecule has 0 spiro atoms. The molecule has 1 heterocycles. The summed E-state index contributed by atoms with van der Waals surface area (Å²) in [6.07, 6.45) is 1.54. The van der Waals surface area contributed by atoms with Crippen molar-refractivity contribution in [1.29, 1.82) is 0 Å². The lowest BCUT2D eigenvalue weighted by Crippen LogP contribution is -2.63. The second kappa shape index (κ2) is 35.2. The number of aliphatic hydroxyl groups is 2. The van der Waals surface area contributed by atoms with Crippen molar-refractivity contribution in [2.45, 2.75) is 229 Å². The van der Waals surface area contributed by atoms with Crippen LogP contribution in [0.3, 0.4) is 0 Å². The molecule has 0 aromatic heterocycles. The first-order valence-corrected chi connectivity index (χ1v) is 30.8. The summed E-state index contributed by atoms with van der Waals surface area (Å²) in [5, 5.41) is 35.4. The van der Waals surface area contributed by atoms with E-state index in [2.05, 4.69) is 21.3 Å². The van der Waals surface area contributed by atoms with Crippen LogP contribution in [0.2, 0.25) is 0 Å². The quantitative estimate of drug-likeness (QED) is 0.129. The van der Waals surface area contributed by atoms with Crippen molar-refractivity contribution in [2.75, 3.05) is 55.9 Å². The molecule has 1 rings (SSSR count). The van der Waals surface area contributed by atoms with E-state index in [0.717, 1.165) is 9.80 Å². The van der Waals surface area contributed by atoms with Crippen LogP contribution in [0.1, 0.15) is 156 Å². The summed E-state index contributed by atoms with van der Waals surface area (Å²) in [5.74, 6) is -8.98. The molecule has 1 aliphatic heterocycles. The van der Waals surface area contributed by atoms with Gasteiger partial charge in [-0.3, -0.25) is 53.3 Å². The van der Waals surface area contributed by atoms with Gasteiger partial charge in [0.15, 0.2) is 0 Å². The second-order valence-corrected chi connectivity index (χ2v) is 26.0. The molecule has 0 saturated carbocycles. The van der Waals surface area contributed by atoms with Gasteiger partial charge in [0.25, 0.3) is 0 Å². The fourth-order valence-electron chi connectivity index (χ4n) is 11.1. The van der Waals surface area contributed by atoms with Crippen LogP contribution in [0.4, 0.5) is 0 Å². The van der Waals surface area contributed by atoms with Crippen LogP contribution in [0, 0.1) is 41.4 Å². The maximum absolute atomic E-state index is 15.1. The summed E-state index contributed by atoms with van der Waals surface area (Å²) >= 11 is 0. The summed E-state index contributed by atoms with van der Waals surface area (Å²) in [7, 11) is 10.0. The van der Waals surface area contributed by atoms with Gasteiger partial charge in [-0.25, -0.2) is 0 Å². The molecule has 0 aliphatic carbocycles. The lowest BCUT2D eigenvalue weighted by molar-refractivity contribution is -0.157. The molecule has 0 bridgehead atoms. The maximum atomic E-state index is 15.1. The number of hydrogen-bond acceptors (Lipinski definition) is 13. The highest BCUT2D eigenvalue weighted by atomic mass is 16.3. The molecular formula is C62H113N11O12. The highest BCUT2D eigenvalue weighted by Crippen LogP contribution is 2.26. The Morgan fingerprint density at radius 3 is 1.40 bits per heavy atom. The molecule has 6 N–H and O–H groups in total. The number of nitrogens with one attached hydrogen (secondary N) is 4. The number of amides is 10. The van der Waals surface area contributed by atoms with Crippen LogP contribution in [0.25, 0.3) is 0 Å². The summed E-state index contributed by atoms with van der Waals surface area (Å²) < 4.78 is 0. The summed E-state index contributed by atoms with van der Waals surface area (Å²) in [6, 6.07) is -11.9. The summed E-state index contributed by atoms with van der Waals surface area (Å²) in [5.41, 5.74) is 0. The highest BCUT2D eigenvalue weighted by molar-refractivity contribution is 5.98. The van der Waals surface area contributed by atoms with Gasteiger partial charge in [0, 0.05) is 49.3 Å². The first-order chi connectivity index (χ1) is 39.3. The van der Waals surface area contributed by atoms with Gasteiger partial charge in [0.05, 0.1) is 24.7 Å². The number of carbonyl (C=O) groups excluding carboxylic acids is 10. The predicted molar refractivity (Wildman–Crippen MR) is 329 cm³/mol. The minimum absolute atomic E-state index is 0.0358. The third-order valence-electron chi connectivity index (χ3n) is 16.4. The van der Waals surface area contributed by atoms with E-state index in [4.69, 9.17) is 0 Å². The number of likely N-dealkylation sites (N-methyl/N-ethyl adjacent to an activating group) is 7. The van der Waals surface area contributed by atoms with E-state index in [1.165, 1.54) is 80.8 Å². The Bertz CT molecular complexity index is 2280. The second-order valence-electron chi connectivity index (χ2n) is 26.0. The molecule has 2 unspecified atom stereocenters. The van der Waals surface area contributed by atoms with Gasteiger partial charge in [0.2, 0.25) is 59.1 Å². The van der Waals surface area contributed by atoms with Gasteiger partial charge in [0.1, 0.15) is 54.6 Å². The molecule has 1 fully saturated rings. The number of hydrogen-bond donors (Lipinski definition) is 6. The third kappa shape index (κ3) is 21.3. The zero-order chi connectivity index (χ0) is 66.0. The van der Waals surface area contributed by atoms with Crippen LogP contribution in [-0.4, -0.2) is 232 Å². The lowest BCUT2D eigenvalue weighted by Gasteiger charge is -2.41. The summed E-state index contributed by atoms with van der Waals surface area (Å²) in [4.78, 5) is 155. The van der Waals surface area contributed by atoms with E-state index >= 15 is 9.59 Å². The third-order valence-corrected chi connectivity index (χ3v) is 16.4. The van der Waals surface area contributed by atoms with Crippen LogP contribution in [0.15, 0.2) is 12.2 Å². The predicted octanol–water partition coefficient (Wildman–Crippen LogP) is 3.06. The van der Waals surface area contributed by atoms with Crippen molar-refractivity contribution in [3.8, 4) is 0 Å². The number of nitrogens with zero attached hydrogens (tertiary/aromatic N) is 7. The number of aliphatic hydroxyl groups excluding tert-OH is 2. The van der Waals surface area contributed by atoms with Crippen molar-refractivity contribution < 1.29 is 58.2 Å². The Morgan fingerprint density at radius 1 is 0.506 bits per heavy atom. The van der Waals surface area contributed by atoms with Crippen LogP contribution >= 0.6 is 0 Å². The molecule has 0 aromatic carbocycles. The monoisotopic (exact) mass is 1200 g/mol. The van der Waals surface area contributed by atoms with E-state index in [0.29, 0.717) is 6.42 Å². The molecule has 85 heavy (non-hydrogen) atoms. The minimum atomic E-state index is -1.60. The maximum Gasteiger partial charge on any atom is 0.246 e. The number of carbonyl (C=O) groups is 10.